The lowest BCUT2D eigenvalue weighted by atomic mass is 10.3. The van der Waals surface area contributed by atoms with Gasteiger partial charge in [0.05, 0.1) is 13.2 Å². The molecule has 0 aliphatic heterocycles. The first-order valence-electron chi connectivity index (χ1n) is 8.47. The summed E-state index contributed by atoms with van der Waals surface area (Å²) in [6.45, 7) is 2.41. The van der Waals surface area contributed by atoms with E-state index in [4.69, 9.17) is 8.37 Å². The van der Waals surface area contributed by atoms with Crippen molar-refractivity contribution in [1.82, 2.24) is 0 Å². The second-order valence-corrected chi connectivity index (χ2v) is 8.73. The number of anilines is 2. The summed E-state index contributed by atoms with van der Waals surface area (Å²) in [7, 11) is -9.30. The molecule has 0 saturated heterocycles. The first-order chi connectivity index (χ1) is 13.3. The van der Waals surface area contributed by atoms with E-state index in [-0.39, 0.29) is 19.0 Å². The second-order valence-electron chi connectivity index (χ2n) is 5.37. The SMILES string of the molecule is CCOS(=O)(=O)C(=C(Nc1ccccc1)Nc1ccccc1)S(=O)(=O)OCC. The minimum atomic E-state index is -4.65. The van der Waals surface area contributed by atoms with Crippen molar-refractivity contribution >= 4 is 31.6 Å². The van der Waals surface area contributed by atoms with Crippen LogP contribution in [0.25, 0.3) is 0 Å². The third kappa shape index (κ3) is 5.80. The van der Waals surface area contributed by atoms with Crippen molar-refractivity contribution in [2.45, 2.75) is 13.8 Å². The summed E-state index contributed by atoms with van der Waals surface area (Å²) >= 11 is 0. The summed E-state index contributed by atoms with van der Waals surface area (Å²) in [5.74, 6) is -0.306. The number of nitrogens with one attached hydrogen (secondary N) is 2. The zero-order valence-electron chi connectivity index (χ0n) is 15.5. The highest BCUT2D eigenvalue weighted by Crippen LogP contribution is 2.26. The summed E-state index contributed by atoms with van der Waals surface area (Å²) < 4.78 is 59.1. The van der Waals surface area contributed by atoms with Crippen LogP contribution in [-0.2, 0) is 28.6 Å². The molecule has 0 fully saturated rings. The van der Waals surface area contributed by atoms with Gasteiger partial charge in [0.2, 0.25) is 0 Å². The Hall–Kier alpha value is -2.40. The maximum Gasteiger partial charge on any atom is 0.314 e. The molecule has 152 valence electrons. The third-order valence-corrected chi connectivity index (χ3v) is 6.92. The Kier molecular flexibility index (Phi) is 7.58. The number of hydrogen-bond donors (Lipinski definition) is 2. The first-order valence-corrected chi connectivity index (χ1v) is 11.3. The van der Waals surface area contributed by atoms with E-state index < -0.39 is 24.5 Å². The van der Waals surface area contributed by atoms with Gasteiger partial charge < -0.3 is 10.6 Å². The Morgan fingerprint density at radius 2 is 1.07 bits per heavy atom. The van der Waals surface area contributed by atoms with Gasteiger partial charge in [0, 0.05) is 11.4 Å². The van der Waals surface area contributed by atoms with Crippen LogP contribution in [-0.4, -0.2) is 30.0 Å². The lowest BCUT2D eigenvalue weighted by Gasteiger charge is -2.18. The summed E-state index contributed by atoms with van der Waals surface area (Å²) in [6.07, 6.45) is 0. The van der Waals surface area contributed by atoms with E-state index in [1.807, 2.05) is 0 Å². The topological polar surface area (TPSA) is 111 Å². The van der Waals surface area contributed by atoms with Crippen LogP contribution in [0.1, 0.15) is 13.8 Å². The van der Waals surface area contributed by atoms with Gasteiger partial charge in [-0.1, -0.05) is 36.4 Å². The minimum Gasteiger partial charge on any atom is -0.340 e. The van der Waals surface area contributed by atoms with Crippen molar-refractivity contribution in [3.63, 3.8) is 0 Å². The molecule has 8 nitrogen and oxygen atoms in total. The Morgan fingerprint density at radius 3 is 1.39 bits per heavy atom. The quantitative estimate of drug-likeness (QED) is 0.558. The van der Waals surface area contributed by atoms with Gasteiger partial charge in [-0.2, -0.15) is 16.8 Å². The molecule has 2 rings (SSSR count). The van der Waals surface area contributed by atoms with Crippen molar-refractivity contribution in [3.05, 3.63) is 70.7 Å². The van der Waals surface area contributed by atoms with Crippen molar-refractivity contribution in [1.29, 1.82) is 0 Å². The number of hydrogen-bond acceptors (Lipinski definition) is 8. The van der Waals surface area contributed by atoms with E-state index in [0.29, 0.717) is 11.4 Å². The van der Waals surface area contributed by atoms with E-state index in [1.165, 1.54) is 13.8 Å². The van der Waals surface area contributed by atoms with Crippen molar-refractivity contribution in [3.8, 4) is 0 Å². The van der Waals surface area contributed by atoms with Crippen LogP contribution < -0.4 is 10.6 Å². The molecule has 0 bridgehead atoms. The van der Waals surface area contributed by atoms with E-state index in [9.17, 15) is 16.8 Å². The van der Waals surface area contributed by atoms with Gasteiger partial charge in [0.15, 0.2) is 0 Å². The lowest BCUT2D eigenvalue weighted by Crippen LogP contribution is -2.26. The summed E-state index contributed by atoms with van der Waals surface area (Å²) in [6, 6.07) is 17.0. The zero-order valence-corrected chi connectivity index (χ0v) is 17.1. The molecule has 2 N–H and O–H groups in total. The highest BCUT2D eigenvalue weighted by atomic mass is 32.3. The van der Waals surface area contributed by atoms with Crippen molar-refractivity contribution in [2.75, 3.05) is 23.8 Å². The molecule has 2 aromatic rings. The predicted octanol–water partition coefficient (Wildman–Crippen LogP) is 3.07. The van der Waals surface area contributed by atoms with Gasteiger partial charge in [-0.25, -0.2) is 0 Å². The van der Waals surface area contributed by atoms with Crippen LogP contribution in [0.5, 0.6) is 0 Å². The molecule has 0 heterocycles. The highest BCUT2D eigenvalue weighted by Gasteiger charge is 2.37. The van der Waals surface area contributed by atoms with E-state index in [2.05, 4.69) is 10.6 Å². The van der Waals surface area contributed by atoms with E-state index >= 15 is 0 Å². The lowest BCUT2D eigenvalue weighted by molar-refractivity contribution is 0.334. The van der Waals surface area contributed by atoms with Gasteiger partial charge in [-0.05, 0) is 38.1 Å². The van der Waals surface area contributed by atoms with Crippen LogP contribution in [0.4, 0.5) is 11.4 Å². The molecule has 2 aromatic carbocycles. The average Bonchev–Trinajstić information content (AvgIpc) is 2.62. The van der Waals surface area contributed by atoms with Crippen LogP contribution in [0, 0.1) is 0 Å². The Labute approximate surface area is 165 Å². The molecular formula is C18H22N2O6S2. The van der Waals surface area contributed by atoms with Gasteiger partial charge in [0.1, 0.15) is 5.82 Å². The smallest absolute Gasteiger partial charge is 0.314 e. The molecular weight excluding hydrogens is 404 g/mol. The van der Waals surface area contributed by atoms with Crippen LogP contribution in [0.15, 0.2) is 70.7 Å². The Bertz CT molecular complexity index is 923. The van der Waals surface area contributed by atoms with Gasteiger partial charge >= 0.3 is 20.2 Å². The average molecular weight is 427 g/mol. The molecule has 0 aliphatic carbocycles. The molecule has 0 radical (unpaired) electrons. The van der Waals surface area contributed by atoms with Crippen LogP contribution in [0.3, 0.4) is 0 Å². The van der Waals surface area contributed by atoms with Gasteiger partial charge in [-0.15, -0.1) is 0 Å². The minimum absolute atomic E-state index is 0.239. The fourth-order valence-corrected chi connectivity index (χ4v) is 5.08. The van der Waals surface area contributed by atoms with Gasteiger partial charge in [-0.3, -0.25) is 8.37 Å². The summed E-state index contributed by atoms with van der Waals surface area (Å²) in [5, 5.41) is 5.61. The molecule has 0 unspecified atom stereocenters. The Balaban J connectivity index is 2.70. The zero-order chi connectivity index (χ0) is 20.6. The third-order valence-electron chi connectivity index (χ3n) is 3.29. The Morgan fingerprint density at radius 1 is 0.714 bits per heavy atom. The molecule has 0 aromatic heterocycles. The largest absolute Gasteiger partial charge is 0.340 e. The number of benzene rings is 2. The van der Waals surface area contributed by atoms with E-state index in [1.54, 1.807) is 60.7 Å². The number of rotatable bonds is 10. The highest BCUT2D eigenvalue weighted by molar-refractivity contribution is 8.10. The van der Waals surface area contributed by atoms with Crippen LogP contribution >= 0.6 is 0 Å². The van der Waals surface area contributed by atoms with Gasteiger partial charge in [0.25, 0.3) is 4.24 Å². The van der Waals surface area contributed by atoms with E-state index in [0.717, 1.165) is 0 Å². The predicted molar refractivity (Wildman–Crippen MR) is 108 cm³/mol. The second kappa shape index (κ2) is 9.69. The standard InChI is InChI=1S/C18H22N2O6S2/c1-3-25-27(21,22)18(28(23,24)26-4-2)17(19-15-11-7-5-8-12-15)20-16-13-9-6-10-14-16/h5-14,19-20H,3-4H2,1-2H3. The molecule has 10 heteroatoms. The number of para-hydroxylation sites is 2. The normalized spacial score (nSPS) is 11.6. The van der Waals surface area contributed by atoms with Crippen molar-refractivity contribution < 1.29 is 25.2 Å². The molecule has 0 aliphatic rings. The maximum absolute atomic E-state index is 12.7. The maximum atomic E-state index is 12.7. The molecule has 0 atom stereocenters. The van der Waals surface area contributed by atoms with Crippen LogP contribution in [0.2, 0.25) is 0 Å². The summed E-state index contributed by atoms with van der Waals surface area (Å²) in [4.78, 5) is 0. The molecule has 0 amide bonds. The van der Waals surface area contributed by atoms with Crippen molar-refractivity contribution in [2.24, 2.45) is 0 Å². The monoisotopic (exact) mass is 426 g/mol. The first kappa shape index (κ1) is 21.9. The summed E-state index contributed by atoms with van der Waals surface area (Å²) in [5.41, 5.74) is 0.939. The fraction of sp³-hybridized carbons (Fsp3) is 0.222. The fourth-order valence-electron chi connectivity index (χ4n) is 2.26. The molecule has 0 spiro atoms. The molecule has 28 heavy (non-hydrogen) atoms. The molecule has 0 saturated carbocycles.